The third kappa shape index (κ3) is 12.8. The van der Waals surface area contributed by atoms with Gasteiger partial charge in [-0.25, -0.2) is 4.79 Å². The van der Waals surface area contributed by atoms with Gasteiger partial charge in [-0.3, -0.25) is 4.79 Å². The number of benzene rings is 1. The topological polar surface area (TPSA) is 119 Å². The van der Waals surface area contributed by atoms with Crippen LogP contribution in [0.4, 0.5) is 4.79 Å². The van der Waals surface area contributed by atoms with Crippen LogP contribution < -0.4 is 74.2 Å². The molecule has 0 aromatic heterocycles. The summed E-state index contributed by atoms with van der Waals surface area (Å²) in [6.07, 6.45) is -1.94. The monoisotopic (exact) mass is 345 g/mol. The van der Waals surface area contributed by atoms with Crippen LogP contribution in [-0.2, 0) is 20.7 Å². The van der Waals surface area contributed by atoms with Gasteiger partial charge in [0.15, 0.2) is 5.78 Å². The number of nitrogens with one attached hydrogen (secondary N) is 1. The quantitative estimate of drug-likeness (QED) is 0.388. The molecule has 0 aliphatic carbocycles. The molecule has 0 aliphatic rings. The third-order valence-corrected chi connectivity index (χ3v) is 3.08. The number of ether oxygens (including phenoxy) is 1. The maximum Gasteiger partial charge on any atom is 1.00 e. The number of hydrogen-bond acceptors (Lipinski definition) is 6. The molecule has 1 amide bonds. The van der Waals surface area contributed by atoms with Crippen molar-refractivity contribution in [2.45, 2.75) is 13.0 Å². The summed E-state index contributed by atoms with van der Waals surface area (Å²) in [5.74, 6) is -0.548. The molecule has 7 nitrogen and oxygen atoms in total. The molecular formula is C12H14NNa2O6P. The molecule has 0 saturated heterocycles. The fourth-order valence-corrected chi connectivity index (χ4v) is 1.82. The molecule has 0 aliphatic heterocycles. The molecule has 0 bridgehead atoms. The van der Waals surface area contributed by atoms with Crippen molar-refractivity contribution in [2.75, 3.05) is 12.7 Å². The van der Waals surface area contributed by atoms with E-state index in [1.807, 2.05) is 6.07 Å². The normalized spacial score (nSPS) is 9.91. The summed E-state index contributed by atoms with van der Waals surface area (Å²) in [5.41, 5.74) is 0.799. The first kappa shape index (κ1) is 24.6. The summed E-state index contributed by atoms with van der Waals surface area (Å²) in [6.45, 7) is -0.301. The summed E-state index contributed by atoms with van der Waals surface area (Å²) in [4.78, 5) is 43.1. The van der Waals surface area contributed by atoms with Crippen LogP contribution in [0.25, 0.3) is 0 Å². The number of ketones is 1. The van der Waals surface area contributed by atoms with Crippen LogP contribution in [0.3, 0.4) is 0 Å². The second kappa shape index (κ2) is 12.7. The van der Waals surface area contributed by atoms with Crippen molar-refractivity contribution >= 4 is 19.5 Å². The Morgan fingerprint density at radius 2 is 1.73 bits per heavy atom. The van der Waals surface area contributed by atoms with Gasteiger partial charge >= 0.3 is 65.2 Å². The van der Waals surface area contributed by atoms with Crippen LogP contribution >= 0.6 is 7.60 Å². The van der Waals surface area contributed by atoms with Gasteiger partial charge in [0.1, 0.15) is 6.61 Å². The second-order valence-corrected chi connectivity index (χ2v) is 5.71. The molecule has 1 N–H and O–H groups in total. The molecule has 0 saturated carbocycles. The van der Waals surface area contributed by atoms with Crippen LogP contribution in [0.2, 0.25) is 0 Å². The van der Waals surface area contributed by atoms with E-state index in [4.69, 9.17) is 4.74 Å². The Morgan fingerprint density at radius 3 is 2.27 bits per heavy atom. The predicted octanol–water partition coefficient (Wildman–Crippen LogP) is -6.21. The molecule has 1 aromatic carbocycles. The van der Waals surface area contributed by atoms with Crippen LogP contribution in [0.1, 0.15) is 12.0 Å². The zero-order chi connectivity index (χ0) is 15.0. The Kier molecular flexibility index (Phi) is 14.2. The zero-order valence-corrected chi connectivity index (χ0v) is 17.5. The van der Waals surface area contributed by atoms with E-state index in [9.17, 15) is 23.9 Å². The Balaban J connectivity index is 0. The van der Waals surface area contributed by atoms with Gasteiger partial charge in [-0.05, 0) is 11.7 Å². The Bertz CT molecular complexity index is 508. The van der Waals surface area contributed by atoms with Crippen LogP contribution in [-0.4, -0.2) is 24.6 Å². The largest absolute Gasteiger partial charge is 1.00 e. The number of Topliss-reactive ketones (excluding diaryl/α,β-unsaturated/α-hetero) is 1. The number of carbonyl (C=O) groups is 2. The van der Waals surface area contributed by atoms with Gasteiger partial charge in [0.05, 0.1) is 6.54 Å². The maximum absolute atomic E-state index is 11.3. The molecule has 0 unspecified atom stereocenters. The van der Waals surface area contributed by atoms with E-state index in [0.717, 1.165) is 5.56 Å². The first-order chi connectivity index (χ1) is 9.37. The van der Waals surface area contributed by atoms with E-state index in [1.54, 1.807) is 24.3 Å². The number of amides is 1. The van der Waals surface area contributed by atoms with Crippen LogP contribution in [0, 0.1) is 0 Å². The Hall–Kier alpha value is 0.310. The zero-order valence-electron chi connectivity index (χ0n) is 12.6. The molecule has 10 heteroatoms. The maximum atomic E-state index is 11.3. The fraction of sp³-hybridized carbons (Fsp3) is 0.333. The molecule has 0 radical (unpaired) electrons. The van der Waals surface area contributed by atoms with Gasteiger partial charge in [0.25, 0.3) is 0 Å². The number of alkyl carbamates (subject to hydrolysis) is 1. The standard InChI is InChI=1S/C12H16NO6P.2Na/c14-11(6-7-20(16,17)18)8-13-12(15)19-9-10-4-2-1-3-5-10;;/h1-5H,6-9H2,(H,13,15)(H2,16,17,18);;/q;2*+1/p-2. The minimum Gasteiger partial charge on any atom is -0.811 e. The van der Waals surface area contributed by atoms with Crippen LogP contribution in [0.5, 0.6) is 0 Å². The molecule has 0 atom stereocenters. The first-order valence-corrected chi connectivity index (χ1v) is 7.57. The molecule has 110 valence electrons. The third-order valence-electron chi connectivity index (χ3n) is 2.31. The second-order valence-electron chi connectivity index (χ2n) is 4.04. The van der Waals surface area contributed by atoms with Gasteiger partial charge in [0.2, 0.25) is 0 Å². The molecule has 0 heterocycles. The van der Waals surface area contributed by atoms with Gasteiger partial charge in [-0.1, -0.05) is 37.9 Å². The summed E-state index contributed by atoms with van der Waals surface area (Å²) < 4.78 is 15.2. The fourth-order valence-electron chi connectivity index (χ4n) is 1.29. The Labute approximate surface area is 172 Å². The van der Waals surface area contributed by atoms with Crippen molar-refractivity contribution < 1.29 is 87.8 Å². The molecule has 1 aromatic rings. The smallest absolute Gasteiger partial charge is 0.811 e. The van der Waals surface area contributed by atoms with Gasteiger partial charge in [0, 0.05) is 6.42 Å². The van der Waals surface area contributed by atoms with Gasteiger partial charge < -0.3 is 24.4 Å². The Morgan fingerprint density at radius 1 is 1.14 bits per heavy atom. The SMILES string of the molecule is O=C(CCP(=O)([O-])[O-])CNC(=O)OCc1ccccc1.[Na+].[Na+]. The van der Waals surface area contributed by atoms with Gasteiger partial charge in [-0.15, -0.1) is 0 Å². The minimum atomic E-state index is -4.68. The first-order valence-electron chi connectivity index (χ1n) is 5.84. The van der Waals surface area contributed by atoms with Crippen molar-refractivity contribution in [3.63, 3.8) is 0 Å². The minimum absolute atomic E-state index is 0. The van der Waals surface area contributed by atoms with Crippen molar-refractivity contribution in [1.82, 2.24) is 5.32 Å². The molecular weight excluding hydrogens is 331 g/mol. The summed E-state index contributed by atoms with van der Waals surface area (Å²) in [7, 11) is -4.68. The van der Waals surface area contributed by atoms with E-state index in [0.29, 0.717) is 0 Å². The van der Waals surface area contributed by atoms with E-state index in [2.05, 4.69) is 5.32 Å². The van der Waals surface area contributed by atoms with Crippen molar-refractivity contribution in [3.8, 4) is 0 Å². The van der Waals surface area contributed by atoms with Crippen LogP contribution in [0.15, 0.2) is 30.3 Å². The predicted molar refractivity (Wildman–Crippen MR) is 66.7 cm³/mol. The van der Waals surface area contributed by atoms with E-state index in [1.165, 1.54) is 0 Å². The van der Waals surface area contributed by atoms with Gasteiger partial charge in [-0.2, -0.15) is 0 Å². The van der Waals surface area contributed by atoms with E-state index >= 15 is 0 Å². The van der Waals surface area contributed by atoms with Crippen molar-refractivity contribution in [1.29, 1.82) is 0 Å². The van der Waals surface area contributed by atoms with E-state index in [-0.39, 0.29) is 72.3 Å². The average molecular weight is 345 g/mol. The number of carbonyl (C=O) groups excluding carboxylic acids is 2. The number of hydrogen-bond donors (Lipinski definition) is 1. The molecule has 1 rings (SSSR count). The van der Waals surface area contributed by atoms with Crippen molar-refractivity contribution in [3.05, 3.63) is 35.9 Å². The van der Waals surface area contributed by atoms with E-state index < -0.39 is 32.1 Å². The van der Waals surface area contributed by atoms with Crippen molar-refractivity contribution in [2.24, 2.45) is 0 Å². The number of rotatable bonds is 7. The molecule has 0 fully saturated rings. The summed E-state index contributed by atoms with van der Waals surface area (Å²) >= 11 is 0. The molecule has 0 spiro atoms. The summed E-state index contributed by atoms with van der Waals surface area (Å²) in [6, 6.07) is 8.97. The summed E-state index contributed by atoms with van der Waals surface area (Å²) in [5, 5.41) is 2.18. The average Bonchev–Trinajstić information content (AvgIpc) is 2.41. The molecule has 22 heavy (non-hydrogen) atoms.